The molecule has 0 bridgehead atoms. The lowest BCUT2D eigenvalue weighted by Gasteiger charge is -2.33. The summed E-state index contributed by atoms with van der Waals surface area (Å²) in [4.78, 5) is 10.6. The molecule has 0 saturated carbocycles. The van der Waals surface area contributed by atoms with E-state index >= 15 is 0 Å². The van der Waals surface area contributed by atoms with Gasteiger partial charge in [-0.3, -0.25) is 10.1 Å². The molecule has 1 aromatic carbocycles. The van der Waals surface area contributed by atoms with Gasteiger partial charge in [0.25, 0.3) is 5.69 Å². The summed E-state index contributed by atoms with van der Waals surface area (Å²) < 4.78 is 0. The van der Waals surface area contributed by atoms with E-state index in [1.54, 1.807) is 13.0 Å². The third-order valence-corrected chi connectivity index (χ3v) is 3.84. The minimum Gasteiger partial charge on any atom is -0.258 e. The smallest absolute Gasteiger partial charge is 0.258 e. The highest BCUT2D eigenvalue weighted by atomic mass is 16.6. The maximum atomic E-state index is 10.9. The molecule has 94 valence electrons. The molecule has 1 aromatic rings. The van der Waals surface area contributed by atoms with Gasteiger partial charge in [0, 0.05) is 18.1 Å². The van der Waals surface area contributed by atoms with E-state index in [9.17, 15) is 10.1 Å². The van der Waals surface area contributed by atoms with Crippen LogP contribution < -0.4 is 0 Å². The van der Waals surface area contributed by atoms with Crippen LogP contribution in [0.4, 0.5) is 5.69 Å². The fourth-order valence-electron chi connectivity index (χ4n) is 2.72. The summed E-state index contributed by atoms with van der Waals surface area (Å²) in [6, 6.07) is 5.85. The van der Waals surface area contributed by atoms with E-state index in [1.165, 1.54) is 5.56 Å². The lowest BCUT2D eigenvalue weighted by Crippen LogP contribution is -2.25. The van der Waals surface area contributed by atoms with Crippen LogP contribution in [0.3, 0.4) is 0 Å². The third kappa shape index (κ3) is 2.21. The first-order valence-electron chi connectivity index (χ1n) is 6.09. The SMILES string of the molecule is Cc1cc2c(cc1[N+](=O)[O-])CC(C)(CC#N)CC2. The first-order chi connectivity index (χ1) is 8.45. The Labute approximate surface area is 106 Å². The van der Waals surface area contributed by atoms with Crippen LogP contribution in [0.15, 0.2) is 12.1 Å². The fourth-order valence-corrected chi connectivity index (χ4v) is 2.72. The first kappa shape index (κ1) is 12.6. The molecular weight excluding hydrogens is 228 g/mol. The average molecular weight is 244 g/mol. The molecule has 0 fully saturated rings. The number of hydrogen-bond donors (Lipinski definition) is 0. The van der Waals surface area contributed by atoms with Gasteiger partial charge in [-0.25, -0.2) is 0 Å². The molecule has 0 spiro atoms. The Bertz CT molecular complexity index is 545. The van der Waals surface area contributed by atoms with Gasteiger partial charge in [0.05, 0.1) is 11.0 Å². The molecule has 18 heavy (non-hydrogen) atoms. The molecule has 0 aromatic heterocycles. The van der Waals surface area contributed by atoms with Crippen LogP contribution in [0.5, 0.6) is 0 Å². The summed E-state index contributed by atoms with van der Waals surface area (Å²) in [6.07, 6.45) is 3.16. The van der Waals surface area contributed by atoms with E-state index in [0.29, 0.717) is 6.42 Å². The van der Waals surface area contributed by atoms with E-state index in [2.05, 4.69) is 13.0 Å². The standard InChI is InChI=1S/C14H16N2O2/c1-10-7-11-3-4-14(2,5-6-15)9-12(11)8-13(10)16(17)18/h7-8H,3-5,9H2,1-2H3. The Balaban J connectivity index is 2.40. The van der Waals surface area contributed by atoms with Crippen LogP contribution in [0.1, 0.15) is 36.5 Å². The quantitative estimate of drug-likeness (QED) is 0.592. The summed E-state index contributed by atoms with van der Waals surface area (Å²) in [5.41, 5.74) is 3.12. The lowest BCUT2D eigenvalue weighted by atomic mass is 9.71. The van der Waals surface area contributed by atoms with E-state index in [1.807, 2.05) is 6.07 Å². The van der Waals surface area contributed by atoms with Gasteiger partial charge in [-0.1, -0.05) is 6.92 Å². The van der Waals surface area contributed by atoms with E-state index in [-0.39, 0.29) is 16.0 Å². The van der Waals surface area contributed by atoms with Crippen LogP contribution in [0.2, 0.25) is 0 Å². The molecule has 0 N–H and O–H groups in total. The van der Waals surface area contributed by atoms with E-state index in [0.717, 1.165) is 30.4 Å². The van der Waals surface area contributed by atoms with Gasteiger partial charge < -0.3 is 0 Å². The second-order valence-corrected chi connectivity index (χ2v) is 5.49. The maximum Gasteiger partial charge on any atom is 0.272 e. The molecule has 4 nitrogen and oxygen atoms in total. The number of nitro benzene ring substituents is 1. The molecule has 0 heterocycles. The van der Waals surface area contributed by atoms with Gasteiger partial charge in [0.1, 0.15) is 0 Å². The summed E-state index contributed by atoms with van der Waals surface area (Å²) in [5, 5.41) is 19.8. The number of rotatable bonds is 2. The lowest BCUT2D eigenvalue weighted by molar-refractivity contribution is -0.385. The molecule has 0 radical (unpaired) electrons. The highest BCUT2D eigenvalue weighted by Gasteiger charge is 2.31. The van der Waals surface area contributed by atoms with Crippen LogP contribution in [0.25, 0.3) is 0 Å². The molecule has 0 saturated heterocycles. The topological polar surface area (TPSA) is 66.9 Å². The van der Waals surface area contributed by atoms with Gasteiger partial charge in [0.15, 0.2) is 0 Å². The minimum absolute atomic E-state index is 0.0368. The molecular formula is C14H16N2O2. The normalized spacial score (nSPS) is 22.1. The van der Waals surface area contributed by atoms with Gasteiger partial charge in [0.2, 0.25) is 0 Å². The van der Waals surface area contributed by atoms with Crippen molar-refractivity contribution in [3.63, 3.8) is 0 Å². The second-order valence-electron chi connectivity index (χ2n) is 5.49. The van der Waals surface area contributed by atoms with Crippen LogP contribution in [-0.2, 0) is 12.8 Å². The molecule has 1 aliphatic carbocycles. The van der Waals surface area contributed by atoms with Crippen molar-refractivity contribution in [1.29, 1.82) is 5.26 Å². The van der Waals surface area contributed by atoms with Crippen molar-refractivity contribution in [2.45, 2.75) is 39.5 Å². The monoisotopic (exact) mass is 244 g/mol. The molecule has 1 aliphatic rings. The summed E-state index contributed by atoms with van der Waals surface area (Å²) in [7, 11) is 0. The molecule has 1 unspecified atom stereocenters. The number of benzene rings is 1. The maximum absolute atomic E-state index is 10.9. The number of fused-ring (bicyclic) bond motifs is 1. The molecule has 4 heteroatoms. The highest BCUT2D eigenvalue weighted by molar-refractivity contribution is 5.48. The van der Waals surface area contributed by atoms with Gasteiger partial charge in [-0.15, -0.1) is 0 Å². The minimum atomic E-state index is -0.328. The molecule has 0 aliphatic heterocycles. The van der Waals surface area contributed by atoms with Crippen LogP contribution >= 0.6 is 0 Å². The Kier molecular flexibility index (Phi) is 3.08. The van der Waals surface area contributed by atoms with Gasteiger partial charge in [-0.05, 0) is 48.8 Å². The number of nitrogens with zero attached hydrogens (tertiary/aromatic N) is 2. The Morgan fingerprint density at radius 1 is 1.50 bits per heavy atom. The molecule has 2 rings (SSSR count). The van der Waals surface area contributed by atoms with Crippen molar-refractivity contribution >= 4 is 5.69 Å². The zero-order valence-corrected chi connectivity index (χ0v) is 10.7. The van der Waals surface area contributed by atoms with Crippen molar-refractivity contribution in [3.05, 3.63) is 38.9 Å². The van der Waals surface area contributed by atoms with Crippen molar-refractivity contribution < 1.29 is 4.92 Å². The Morgan fingerprint density at radius 2 is 2.22 bits per heavy atom. The number of nitro groups is 1. The Morgan fingerprint density at radius 3 is 2.83 bits per heavy atom. The van der Waals surface area contributed by atoms with Crippen molar-refractivity contribution in [2.75, 3.05) is 0 Å². The Hall–Kier alpha value is -1.89. The summed E-state index contributed by atoms with van der Waals surface area (Å²) in [6.45, 7) is 3.87. The van der Waals surface area contributed by atoms with E-state index < -0.39 is 0 Å². The fraction of sp³-hybridized carbons (Fsp3) is 0.500. The predicted octanol–water partition coefficient (Wildman–Crippen LogP) is 3.31. The van der Waals surface area contributed by atoms with Gasteiger partial charge in [-0.2, -0.15) is 5.26 Å². The second kappa shape index (κ2) is 4.41. The van der Waals surface area contributed by atoms with E-state index in [4.69, 9.17) is 5.26 Å². The average Bonchev–Trinajstić information content (AvgIpc) is 2.29. The van der Waals surface area contributed by atoms with Crippen molar-refractivity contribution in [2.24, 2.45) is 5.41 Å². The number of hydrogen-bond acceptors (Lipinski definition) is 3. The van der Waals surface area contributed by atoms with Crippen LogP contribution in [-0.4, -0.2) is 4.92 Å². The number of aryl methyl sites for hydroxylation is 2. The van der Waals surface area contributed by atoms with Crippen LogP contribution in [0, 0.1) is 33.8 Å². The number of nitriles is 1. The summed E-state index contributed by atoms with van der Waals surface area (Å²) in [5.74, 6) is 0. The van der Waals surface area contributed by atoms with Crippen molar-refractivity contribution in [3.8, 4) is 6.07 Å². The third-order valence-electron chi connectivity index (χ3n) is 3.84. The zero-order valence-electron chi connectivity index (χ0n) is 10.7. The van der Waals surface area contributed by atoms with Crippen molar-refractivity contribution in [1.82, 2.24) is 0 Å². The predicted molar refractivity (Wildman–Crippen MR) is 68.2 cm³/mol. The summed E-state index contributed by atoms with van der Waals surface area (Å²) >= 11 is 0. The zero-order chi connectivity index (χ0) is 13.3. The highest BCUT2D eigenvalue weighted by Crippen LogP contribution is 2.39. The molecule has 1 atom stereocenters. The molecule has 0 amide bonds. The largest absolute Gasteiger partial charge is 0.272 e. The first-order valence-corrected chi connectivity index (χ1v) is 6.09. The van der Waals surface area contributed by atoms with Gasteiger partial charge >= 0.3 is 0 Å².